The van der Waals surface area contributed by atoms with Gasteiger partial charge in [-0.15, -0.1) is 0 Å². The topological polar surface area (TPSA) is 94.9 Å². The molecule has 0 amide bonds. The van der Waals surface area contributed by atoms with Crippen LogP contribution < -0.4 is 5.73 Å². The summed E-state index contributed by atoms with van der Waals surface area (Å²) in [5.41, 5.74) is 6.57. The fourth-order valence-corrected chi connectivity index (χ4v) is 2.00. The summed E-state index contributed by atoms with van der Waals surface area (Å²) in [6.07, 6.45) is 4.43. The van der Waals surface area contributed by atoms with Crippen molar-refractivity contribution in [2.75, 3.05) is 0 Å². The summed E-state index contributed by atoms with van der Waals surface area (Å²) in [6, 6.07) is 5.29. The van der Waals surface area contributed by atoms with Crippen LogP contribution in [0.5, 0.6) is 0 Å². The first-order chi connectivity index (χ1) is 10.0. The van der Waals surface area contributed by atoms with Crippen molar-refractivity contribution in [3.8, 4) is 0 Å². The molecule has 2 rings (SSSR count). The average molecular weight is 325 g/mol. The van der Waals surface area contributed by atoms with E-state index in [9.17, 15) is 10.1 Å². The molecule has 1 heterocycles. The molecule has 0 unspecified atom stereocenters. The van der Waals surface area contributed by atoms with Crippen LogP contribution in [0.1, 0.15) is 17.0 Å². The third-order valence-corrected chi connectivity index (χ3v) is 3.42. The summed E-state index contributed by atoms with van der Waals surface area (Å²) >= 11 is 11.8. The molecule has 21 heavy (non-hydrogen) atoms. The van der Waals surface area contributed by atoms with Crippen LogP contribution in [0.4, 0.5) is 0 Å². The van der Waals surface area contributed by atoms with Gasteiger partial charge in [0, 0.05) is 18.8 Å². The maximum atomic E-state index is 10.7. The largest absolute Gasteiger partial charge is 0.399 e. The summed E-state index contributed by atoms with van der Waals surface area (Å²) in [4.78, 5) is 18.0. The van der Waals surface area contributed by atoms with Gasteiger partial charge in [0.25, 0.3) is 0 Å². The highest BCUT2D eigenvalue weighted by Gasteiger charge is 2.16. The Balaban J connectivity index is 2.19. The van der Waals surface area contributed by atoms with Gasteiger partial charge in [-0.25, -0.2) is 9.97 Å². The van der Waals surface area contributed by atoms with Crippen molar-refractivity contribution in [3.63, 3.8) is 0 Å². The highest BCUT2D eigenvalue weighted by molar-refractivity contribution is 6.42. The normalized spacial score (nSPS) is 11.4. The number of nitrogens with two attached hydrogens (primary N) is 1. The minimum absolute atomic E-state index is 0.0274. The minimum Gasteiger partial charge on any atom is -0.399 e. The van der Waals surface area contributed by atoms with E-state index in [0.29, 0.717) is 16.5 Å². The van der Waals surface area contributed by atoms with E-state index in [0.717, 1.165) is 17.3 Å². The maximum Gasteiger partial charge on any atom is 0.328 e. The summed E-state index contributed by atoms with van der Waals surface area (Å²) in [6.45, 7) is 0. The van der Waals surface area contributed by atoms with Crippen LogP contribution >= 0.6 is 23.2 Å². The quantitative estimate of drug-likeness (QED) is 0.689. The molecule has 1 aromatic carbocycles. The van der Waals surface area contributed by atoms with Crippen molar-refractivity contribution in [3.05, 3.63) is 73.9 Å². The second kappa shape index (κ2) is 6.51. The molecule has 0 aliphatic carbocycles. The molecule has 0 bridgehead atoms. The Hall–Kier alpha value is -2.18. The number of aromatic nitrogens is 2. The van der Waals surface area contributed by atoms with Crippen LogP contribution in [-0.4, -0.2) is 14.9 Å². The van der Waals surface area contributed by atoms with Gasteiger partial charge in [0.2, 0.25) is 5.82 Å². The molecular formula is C13H10Cl2N4O2. The van der Waals surface area contributed by atoms with E-state index in [1.165, 1.54) is 12.4 Å². The van der Waals surface area contributed by atoms with E-state index in [1.54, 1.807) is 12.1 Å². The van der Waals surface area contributed by atoms with Crippen molar-refractivity contribution < 1.29 is 4.92 Å². The standard InChI is InChI=1S/C13H10Cl2N4O2/c14-10-2-1-8(4-11(10)15)3-9-6-17-13(18-7-9)12(5-16)19(20)21/h1-2,4-7H,3,16H2. The van der Waals surface area contributed by atoms with Gasteiger partial charge in [0.1, 0.15) is 0 Å². The van der Waals surface area contributed by atoms with Gasteiger partial charge in [-0.3, -0.25) is 10.1 Å². The lowest BCUT2D eigenvalue weighted by atomic mass is 10.1. The first-order valence-corrected chi connectivity index (χ1v) is 6.58. The van der Waals surface area contributed by atoms with E-state index < -0.39 is 4.92 Å². The molecule has 8 heteroatoms. The summed E-state index contributed by atoms with van der Waals surface area (Å²) in [7, 11) is 0. The van der Waals surface area contributed by atoms with E-state index in [-0.39, 0.29) is 11.5 Å². The molecule has 6 nitrogen and oxygen atoms in total. The molecule has 0 atom stereocenters. The molecule has 0 saturated carbocycles. The van der Waals surface area contributed by atoms with Crippen LogP contribution in [0.3, 0.4) is 0 Å². The lowest BCUT2D eigenvalue weighted by Gasteiger charge is -2.04. The Kier molecular flexibility index (Phi) is 4.72. The monoisotopic (exact) mass is 324 g/mol. The number of halogens is 2. The van der Waals surface area contributed by atoms with E-state index in [1.807, 2.05) is 6.07 Å². The molecule has 1 aromatic heterocycles. The maximum absolute atomic E-state index is 10.7. The minimum atomic E-state index is -0.631. The average Bonchev–Trinajstić information content (AvgIpc) is 2.45. The van der Waals surface area contributed by atoms with Gasteiger partial charge in [-0.2, -0.15) is 0 Å². The van der Waals surface area contributed by atoms with Crippen molar-refractivity contribution in [2.24, 2.45) is 5.73 Å². The smallest absolute Gasteiger partial charge is 0.328 e. The van der Waals surface area contributed by atoms with Gasteiger partial charge < -0.3 is 5.73 Å². The fraction of sp³-hybridized carbons (Fsp3) is 0.0769. The van der Waals surface area contributed by atoms with Gasteiger partial charge >= 0.3 is 5.70 Å². The van der Waals surface area contributed by atoms with Crippen molar-refractivity contribution in [1.82, 2.24) is 9.97 Å². The van der Waals surface area contributed by atoms with Crippen LogP contribution in [0.2, 0.25) is 10.0 Å². The first-order valence-electron chi connectivity index (χ1n) is 5.82. The van der Waals surface area contributed by atoms with Crippen LogP contribution in [-0.2, 0) is 6.42 Å². The zero-order chi connectivity index (χ0) is 15.4. The third kappa shape index (κ3) is 3.68. The van der Waals surface area contributed by atoms with Gasteiger partial charge in [-0.05, 0) is 23.3 Å². The summed E-state index contributed by atoms with van der Waals surface area (Å²) in [5.74, 6) is -0.0274. The first kappa shape index (κ1) is 15.2. The molecule has 0 aliphatic rings. The highest BCUT2D eigenvalue weighted by Crippen LogP contribution is 2.23. The molecule has 0 aliphatic heterocycles. The zero-order valence-electron chi connectivity index (χ0n) is 10.7. The van der Waals surface area contributed by atoms with Crippen LogP contribution in [0.25, 0.3) is 5.70 Å². The van der Waals surface area contributed by atoms with Crippen molar-refractivity contribution in [2.45, 2.75) is 6.42 Å². The highest BCUT2D eigenvalue weighted by atomic mass is 35.5. The Morgan fingerprint density at radius 3 is 2.43 bits per heavy atom. The van der Waals surface area contributed by atoms with E-state index in [4.69, 9.17) is 28.9 Å². The molecule has 2 aromatic rings. The second-order valence-electron chi connectivity index (χ2n) is 4.15. The summed E-state index contributed by atoms with van der Waals surface area (Å²) < 4.78 is 0. The van der Waals surface area contributed by atoms with E-state index >= 15 is 0 Å². The van der Waals surface area contributed by atoms with E-state index in [2.05, 4.69) is 9.97 Å². The Labute approximate surface area is 130 Å². The number of hydrogen-bond donors (Lipinski definition) is 1. The SMILES string of the molecule is NC=C(c1ncc(Cc2ccc(Cl)c(Cl)c2)cn1)[N+](=O)[O-]. The molecule has 0 saturated heterocycles. The molecular weight excluding hydrogens is 315 g/mol. The molecule has 2 N–H and O–H groups in total. The summed E-state index contributed by atoms with van der Waals surface area (Å²) in [5, 5.41) is 11.7. The number of rotatable bonds is 4. The van der Waals surface area contributed by atoms with Crippen molar-refractivity contribution in [1.29, 1.82) is 0 Å². The fourth-order valence-electron chi connectivity index (χ4n) is 1.68. The molecule has 0 fully saturated rings. The lowest BCUT2D eigenvalue weighted by molar-refractivity contribution is -0.376. The predicted octanol–water partition coefficient (Wildman–Crippen LogP) is 2.91. The molecule has 108 valence electrons. The van der Waals surface area contributed by atoms with Gasteiger partial charge in [0.15, 0.2) is 0 Å². The van der Waals surface area contributed by atoms with Crippen LogP contribution in [0.15, 0.2) is 36.8 Å². The zero-order valence-corrected chi connectivity index (χ0v) is 12.2. The molecule has 0 radical (unpaired) electrons. The van der Waals surface area contributed by atoms with Gasteiger partial charge in [-0.1, -0.05) is 29.3 Å². The number of nitrogens with zero attached hydrogens (tertiary/aromatic N) is 3. The number of hydrogen-bond acceptors (Lipinski definition) is 5. The number of nitro groups is 1. The predicted molar refractivity (Wildman–Crippen MR) is 80.5 cm³/mol. The van der Waals surface area contributed by atoms with Crippen molar-refractivity contribution >= 4 is 28.9 Å². The second-order valence-corrected chi connectivity index (χ2v) is 4.96. The van der Waals surface area contributed by atoms with Gasteiger partial charge in [0.05, 0.1) is 21.2 Å². The Morgan fingerprint density at radius 1 is 1.24 bits per heavy atom. The lowest BCUT2D eigenvalue weighted by Crippen LogP contribution is -2.05. The third-order valence-electron chi connectivity index (χ3n) is 2.68. The molecule has 0 spiro atoms. The van der Waals surface area contributed by atoms with Crippen LogP contribution in [0, 0.1) is 10.1 Å². The Morgan fingerprint density at radius 2 is 1.90 bits per heavy atom. The Bertz CT molecular complexity index is 702. The number of benzene rings is 1.